The molecule has 168 valence electrons. The van der Waals surface area contributed by atoms with Gasteiger partial charge in [0.15, 0.2) is 3.93 Å². The summed E-state index contributed by atoms with van der Waals surface area (Å²) in [5, 5.41) is 0. The lowest BCUT2D eigenvalue weighted by molar-refractivity contribution is -0.535. The van der Waals surface area contributed by atoms with Gasteiger partial charge in [0.25, 0.3) is 0 Å². The minimum atomic E-state index is -4.27. The highest BCUT2D eigenvalue weighted by Crippen LogP contribution is 2.09. The molecule has 3 rings (SSSR count). The third-order valence-electron chi connectivity index (χ3n) is 4.66. The van der Waals surface area contributed by atoms with Crippen LogP contribution < -0.4 is 21.2 Å². The minimum absolute atomic E-state index is 0.178. The first-order chi connectivity index (χ1) is 15.4. The molecule has 0 heterocycles. The van der Waals surface area contributed by atoms with Crippen LogP contribution in [0.3, 0.4) is 0 Å². The van der Waals surface area contributed by atoms with Crippen molar-refractivity contribution in [3.63, 3.8) is 0 Å². The fourth-order valence-corrected chi connectivity index (χ4v) is 4.83. The van der Waals surface area contributed by atoms with Gasteiger partial charge in [-0.3, -0.25) is 0 Å². The predicted octanol–water partition coefficient (Wildman–Crippen LogP) is 2.98. The van der Waals surface area contributed by atoms with Crippen molar-refractivity contribution in [2.24, 2.45) is 0 Å². The number of aryl methyl sites for hydroxylation is 2. The average molecular weight is 560 g/mol. The van der Waals surface area contributed by atoms with Crippen LogP contribution in [0.1, 0.15) is 49.3 Å². The number of rotatable bonds is 7. The van der Waals surface area contributed by atoms with E-state index in [1.807, 2.05) is 6.92 Å². The summed E-state index contributed by atoms with van der Waals surface area (Å²) < 4.78 is 35.9. The average Bonchev–Trinajstić information content (AvgIpc) is 2.79. The molecule has 0 unspecified atom stereocenters. The predicted molar refractivity (Wildman–Crippen MR) is 125 cm³/mol. The van der Waals surface area contributed by atoms with Gasteiger partial charge in [0, 0.05) is 5.56 Å². The van der Waals surface area contributed by atoms with Crippen LogP contribution in [0.2, 0.25) is 0 Å². The van der Waals surface area contributed by atoms with Gasteiger partial charge in [-0.15, -0.1) is 0 Å². The van der Waals surface area contributed by atoms with Crippen LogP contribution in [-0.4, -0.2) is 13.0 Å². The molecule has 0 saturated heterocycles. The summed E-state index contributed by atoms with van der Waals surface area (Å²) in [5.74, 6) is 3.30. The first kappa shape index (κ1) is 26.1. The first-order valence-electron chi connectivity index (χ1n) is 10.7. The van der Waals surface area contributed by atoms with E-state index in [4.69, 9.17) is 0 Å². The van der Waals surface area contributed by atoms with E-state index in [1.54, 1.807) is 12.1 Å². The summed E-state index contributed by atoms with van der Waals surface area (Å²) in [5.41, 5.74) is 3.51. The maximum absolute atomic E-state index is 10.4. The van der Waals surface area contributed by atoms with E-state index in [9.17, 15) is 13.0 Å². The summed E-state index contributed by atoms with van der Waals surface area (Å²) in [6.45, 7) is 4.08. The lowest BCUT2D eigenvalue weighted by Crippen LogP contribution is -3.59. The Hall–Kier alpha value is -2.14. The molecule has 5 heteroatoms. The number of unbranched alkanes of at least 4 members (excludes halogenated alkanes) is 3. The summed E-state index contributed by atoms with van der Waals surface area (Å²) >= 11 is -0.182. The summed E-state index contributed by atoms with van der Waals surface area (Å²) in [6, 6.07) is 25.1. The Balaban J connectivity index is 0.000000278. The molecule has 0 N–H and O–H groups in total. The van der Waals surface area contributed by atoms with Crippen molar-refractivity contribution in [3.8, 4) is 9.85 Å². The topological polar surface area (TPSA) is 57.2 Å². The Bertz CT molecular complexity index is 1100. The molecule has 3 aromatic carbocycles. The van der Waals surface area contributed by atoms with Gasteiger partial charge in [-0.2, -0.15) is 0 Å². The lowest BCUT2D eigenvalue weighted by Gasteiger charge is -2.05. The highest BCUT2D eigenvalue weighted by molar-refractivity contribution is 7.85. The van der Waals surface area contributed by atoms with Crippen LogP contribution in [0.15, 0.2) is 83.8 Å². The van der Waals surface area contributed by atoms with Crippen molar-refractivity contribution in [2.75, 3.05) is 0 Å². The van der Waals surface area contributed by atoms with Crippen LogP contribution in [0.5, 0.6) is 0 Å². The van der Waals surface area contributed by atoms with Crippen molar-refractivity contribution < 1.29 is 34.2 Å². The summed E-state index contributed by atoms with van der Waals surface area (Å²) in [7, 11) is -4.27. The van der Waals surface area contributed by atoms with Crippen molar-refractivity contribution in [1.29, 1.82) is 0 Å². The highest BCUT2D eigenvalue weighted by atomic mass is 127. The molecule has 0 bridgehead atoms. The standard InChI is InChI=1S/C20H22I.C7H8O3S/c1-2-3-4-6-9-18-12-14-19(15-13-18)16-17-21-20-10-7-5-8-11-20;1-6-2-4-7(5-3-6)11(8,9)10/h5,7-8,10-15H,2-4,6,9H2,1H3;2-5H,1H3,(H,8,9,10)/q+1;/p-1. The van der Waals surface area contributed by atoms with Crippen molar-refractivity contribution in [3.05, 3.63) is 99.1 Å². The molecule has 0 saturated carbocycles. The fourth-order valence-electron chi connectivity index (χ4n) is 2.83. The maximum Gasteiger partial charge on any atom is 0.420 e. The third kappa shape index (κ3) is 10.4. The molecule has 32 heavy (non-hydrogen) atoms. The van der Waals surface area contributed by atoms with E-state index in [1.165, 1.54) is 53.4 Å². The smallest absolute Gasteiger partial charge is 0.420 e. The Morgan fingerprint density at radius 2 is 1.50 bits per heavy atom. The first-order valence-corrected chi connectivity index (χ1v) is 14.3. The van der Waals surface area contributed by atoms with Gasteiger partial charge in [-0.1, -0.05) is 74.2 Å². The Kier molecular flexibility index (Phi) is 11.5. The fraction of sp³-hybridized carbons (Fsp3) is 0.259. The van der Waals surface area contributed by atoms with Gasteiger partial charge >= 0.3 is 21.2 Å². The molecule has 3 aromatic rings. The summed E-state index contributed by atoms with van der Waals surface area (Å²) in [6.07, 6.45) is 6.51. The van der Waals surface area contributed by atoms with E-state index in [-0.39, 0.29) is 26.1 Å². The normalized spacial score (nSPS) is 10.5. The lowest BCUT2D eigenvalue weighted by atomic mass is 10.0. The molecule has 0 aliphatic heterocycles. The zero-order valence-corrected chi connectivity index (χ0v) is 21.5. The monoisotopic (exact) mass is 560 g/mol. The van der Waals surface area contributed by atoms with Gasteiger partial charge in [0.2, 0.25) is 3.57 Å². The molecule has 0 aromatic heterocycles. The van der Waals surface area contributed by atoms with E-state index in [2.05, 4.69) is 71.4 Å². The Morgan fingerprint density at radius 1 is 0.844 bits per heavy atom. The molecule has 0 spiro atoms. The Morgan fingerprint density at radius 3 is 2.09 bits per heavy atom. The number of benzene rings is 3. The molecule has 0 radical (unpaired) electrons. The van der Waals surface area contributed by atoms with Crippen molar-refractivity contribution in [2.45, 2.75) is 50.8 Å². The molecule has 0 amide bonds. The van der Waals surface area contributed by atoms with Crippen LogP contribution in [-0.2, 0) is 16.5 Å². The summed E-state index contributed by atoms with van der Waals surface area (Å²) in [4.78, 5) is -0.178. The van der Waals surface area contributed by atoms with Crippen LogP contribution in [0.4, 0.5) is 0 Å². The largest absolute Gasteiger partial charge is 0.744 e. The third-order valence-corrected chi connectivity index (χ3v) is 7.39. The maximum atomic E-state index is 10.4. The second-order valence-electron chi connectivity index (χ2n) is 7.38. The van der Waals surface area contributed by atoms with Gasteiger partial charge in [-0.25, -0.2) is 8.42 Å². The second kappa shape index (κ2) is 14.1. The van der Waals surface area contributed by atoms with Crippen LogP contribution in [0, 0.1) is 20.3 Å². The molecule has 0 aliphatic rings. The zero-order valence-electron chi connectivity index (χ0n) is 18.6. The number of hydrogen-bond donors (Lipinski definition) is 0. The quantitative estimate of drug-likeness (QED) is 0.193. The van der Waals surface area contributed by atoms with Gasteiger partial charge in [0.1, 0.15) is 10.1 Å². The molecule has 0 atom stereocenters. The van der Waals surface area contributed by atoms with Crippen molar-refractivity contribution >= 4 is 10.1 Å². The SMILES string of the molecule is CCCCCCc1ccc(C#C[I+]c2ccccc2)cc1.Cc1ccc(S(=O)(=O)[O-])cc1. The van der Waals surface area contributed by atoms with Crippen molar-refractivity contribution in [1.82, 2.24) is 0 Å². The van der Waals surface area contributed by atoms with E-state index in [0.29, 0.717) is 0 Å². The molecule has 3 nitrogen and oxygen atoms in total. The highest BCUT2D eigenvalue weighted by Gasteiger charge is 2.06. The number of hydrogen-bond acceptors (Lipinski definition) is 3. The number of halogens is 1. The molecule has 0 aliphatic carbocycles. The van der Waals surface area contributed by atoms with E-state index in [0.717, 1.165) is 11.1 Å². The zero-order chi connectivity index (χ0) is 23.2. The van der Waals surface area contributed by atoms with Crippen LogP contribution in [0.25, 0.3) is 0 Å². The van der Waals surface area contributed by atoms with Gasteiger partial charge in [-0.05, 0) is 67.6 Å². The second-order valence-corrected chi connectivity index (χ2v) is 11.1. The minimum Gasteiger partial charge on any atom is -0.744 e. The molecule has 0 fully saturated rings. The molecular weight excluding hydrogens is 531 g/mol. The van der Waals surface area contributed by atoms with E-state index >= 15 is 0 Å². The van der Waals surface area contributed by atoms with E-state index < -0.39 is 10.1 Å². The van der Waals surface area contributed by atoms with Gasteiger partial charge < -0.3 is 4.55 Å². The van der Waals surface area contributed by atoms with Gasteiger partial charge in [0.05, 0.1) is 4.90 Å². The Labute approximate surface area is 203 Å². The van der Waals surface area contributed by atoms with Crippen LogP contribution >= 0.6 is 0 Å². The molecular formula is C27H29IO3S.